The number of aryl methyl sites for hydroxylation is 1. The lowest BCUT2D eigenvalue weighted by Crippen LogP contribution is -2.12. The van der Waals surface area contributed by atoms with Gasteiger partial charge in [0.15, 0.2) is 5.65 Å². The molecular formula is C20H22N6. The fraction of sp³-hybridized carbons (Fsp3) is 0.400. The summed E-state index contributed by atoms with van der Waals surface area (Å²) in [7, 11) is 0. The first-order valence-electron chi connectivity index (χ1n) is 9.32. The summed E-state index contributed by atoms with van der Waals surface area (Å²) in [6.07, 6.45) is 7.63. The average molecular weight is 346 g/mol. The highest BCUT2D eigenvalue weighted by Gasteiger charge is 2.23. The van der Waals surface area contributed by atoms with E-state index < -0.39 is 0 Å². The number of hydrogen-bond donors (Lipinski definition) is 1. The van der Waals surface area contributed by atoms with Crippen LogP contribution in [0.2, 0.25) is 0 Å². The third kappa shape index (κ3) is 2.25. The van der Waals surface area contributed by atoms with Crippen LogP contribution in [0.1, 0.15) is 56.7 Å². The molecule has 4 aromatic rings. The molecule has 0 unspecified atom stereocenters. The standard InChI is InChI=1S/C20H22N6/c1-11(2)26-12(3)23-17-8-7-16(24-20(17)26)14-9-22-19-15(14)10-21-18(25-19)13-5-4-6-13/h7-11,13H,4-6H2,1-3H3,(H,21,22,25). The summed E-state index contributed by atoms with van der Waals surface area (Å²) < 4.78 is 2.18. The molecule has 4 heterocycles. The maximum Gasteiger partial charge on any atom is 0.160 e. The minimum Gasteiger partial charge on any atom is -0.345 e. The van der Waals surface area contributed by atoms with E-state index >= 15 is 0 Å². The lowest BCUT2D eigenvalue weighted by Gasteiger charge is -2.23. The van der Waals surface area contributed by atoms with Crippen molar-refractivity contribution in [1.29, 1.82) is 0 Å². The molecule has 4 aromatic heterocycles. The summed E-state index contributed by atoms with van der Waals surface area (Å²) in [5.74, 6) is 2.49. The van der Waals surface area contributed by atoms with Gasteiger partial charge in [-0.1, -0.05) is 6.42 Å². The van der Waals surface area contributed by atoms with Crippen molar-refractivity contribution < 1.29 is 0 Å². The number of nitrogens with zero attached hydrogens (tertiary/aromatic N) is 5. The van der Waals surface area contributed by atoms with E-state index in [2.05, 4.69) is 33.4 Å². The fourth-order valence-electron chi connectivity index (χ4n) is 3.85. The van der Waals surface area contributed by atoms with Gasteiger partial charge in [-0.05, 0) is 45.7 Å². The molecule has 5 rings (SSSR count). The Hall–Kier alpha value is -2.76. The van der Waals surface area contributed by atoms with Gasteiger partial charge in [-0.15, -0.1) is 0 Å². The van der Waals surface area contributed by atoms with Crippen molar-refractivity contribution in [3.63, 3.8) is 0 Å². The van der Waals surface area contributed by atoms with Crippen LogP contribution < -0.4 is 0 Å². The highest BCUT2D eigenvalue weighted by atomic mass is 15.1. The number of nitrogens with one attached hydrogen (secondary N) is 1. The van der Waals surface area contributed by atoms with Crippen LogP contribution in [0.15, 0.2) is 24.5 Å². The Morgan fingerprint density at radius 3 is 2.73 bits per heavy atom. The summed E-state index contributed by atoms with van der Waals surface area (Å²) in [4.78, 5) is 22.2. The second-order valence-electron chi connectivity index (χ2n) is 7.48. The number of pyridine rings is 1. The smallest absolute Gasteiger partial charge is 0.160 e. The third-order valence-electron chi connectivity index (χ3n) is 5.43. The average Bonchev–Trinajstić information content (AvgIpc) is 3.12. The first kappa shape index (κ1) is 15.5. The van der Waals surface area contributed by atoms with Crippen LogP contribution in [0, 0.1) is 6.92 Å². The van der Waals surface area contributed by atoms with Gasteiger partial charge in [-0.25, -0.2) is 19.9 Å². The lowest BCUT2D eigenvalue weighted by atomic mass is 9.85. The third-order valence-corrected chi connectivity index (χ3v) is 5.43. The van der Waals surface area contributed by atoms with Gasteiger partial charge in [-0.2, -0.15) is 0 Å². The minimum absolute atomic E-state index is 0.319. The first-order valence-corrected chi connectivity index (χ1v) is 9.32. The van der Waals surface area contributed by atoms with E-state index in [1.54, 1.807) is 0 Å². The summed E-state index contributed by atoms with van der Waals surface area (Å²) in [5.41, 5.74) is 4.72. The second-order valence-corrected chi connectivity index (χ2v) is 7.48. The zero-order chi connectivity index (χ0) is 17.8. The van der Waals surface area contributed by atoms with Crippen LogP contribution in [0.5, 0.6) is 0 Å². The molecule has 1 aliphatic carbocycles. The van der Waals surface area contributed by atoms with Crippen LogP contribution >= 0.6 is 0 Å². The minimum atomic E-state index is 0.319. The molecule has 6 heteroatoms. The molecule has 26 heavy (non-hydrogen) atoms. The molecule has 132 valence electrons. The molecule has 1 fully saturated rings. The highest BCUT2D eigenvalue weighted by Crippen LogP contribution is 2.35. The topological polar surface area (TPSA) is 72.3 Å². The molecule has 0 aromatic carbocycles. The van der Waals surface area contributed by atoms with E-state index in [1.807, 2.05) is 31.5 Å². The Bertz CT molecular complexity index is 1120. The van der Waals surface area contributed by atoms with Crippen LogP contribution in [-0.2, 0) is 0 Å². The number of H-pyrrole nitrogens is 1. The number of imidazole rings is 1. The van der Waals surface area contributed by atoms with Crippen molar-refractivity contribution in [2.75, 3.05) is 0 Å². The van der Waals surface area contributed by atoms with Crippen molar-refractivity contribution >= 4 is 22.2 Å². The highest BCUT2D eigenvalue weighted by molar-refractivity contribution is 5.93. The number of rotatable bonds is 3. The summed E-state index contributed by atoms with van der Waals surface area (Å²) in [6, 6.07) is 4.40. The number of hydrogen-bond acceptors (Lipinski definition) is 4. The number of fused-ring (bicyclic) bond motifs is 2. The van der Waals surface area contributed by atoms with Gasteiger partial charge < -0.3 is 9.55 Å². The monoisotopic (exact) mass is 346 g/mol. The second kappa shape index (κ2) is 5.62. The van der Waals surface area contributed by atoms with Crippen LogP contribution in [-0.4, -0.2) is 29.5 Å². The van der Waals surface area contributed by atoms with Crippen LogP contribution in [0.25, 0.3) is 33.5 Å². The van der Waals surface area contributed by atoms with Gasteiger partial charge >= 0.3 is 0 Å². The molecule has 6 nitrogen and oxygen atoms in total. The molecule has 0 radical (unpaired) electrons. The van der Waals surface area contributed by atoms with Gasteiger partial charge in [0, 0.05) is 35.3 Å². The van der Waals surface area contributed by atoms with E-state index in [4.69, 9.17) is 9.97 Å². The number of aromatic nitrogens is 6. The molecule has 1 N–H and O–H groups in total. The van der Waals surface area contributed by atoms with Gasteiger partial charge in [-0.3, -0.25) is 0 Å². The molecule has 0 bridgehead atoms. The van der Waals surface area contributed by atoms with Gasteiger partial charge in [0.25, 0.3) is 0 Å². The van der Waals surface area contributed by atoms with Crippen molar-refractivity contribution in [2.24, 2.45) is 0 Å². The molecule has 1 aliphatic rings. The molecule has 0 amide bonds. The molecule has 0 saturated heterocycles. The molecule has 0 spiro atoms. The Kier molecular flexibility index (Phi) is 3.35. The summed E-state index contributed by atoms with van der Waals surface area (Å²) >= 11 is 0. The maximum atomic E-state index is 4.92. The molecule has 0 atom stereocenters. The number of aromatic amines is 1. The normalized spacial score (nSPS) is 15.2. The first-order chi connectivity index (χ1) is 12.6. The Balaban J connectivity index is 1.64. The SMILES string of the molecule is Cc1nc2ccc(-c3c[nH]c4nc(C5CCC5)ncc34)nc2n1C(C)C. The molecule has 0 aliphatic heterocycles. The Morgan fingerprint density at radius 1 is 1.15 bits per heavy atom. The predicted molar refractivity (Wildman–Crippen MR) is 102 cm³/mol. The van der Waals surface area contributed by atoms with Crippen LogP contribution in [0.3, 0.4) is 0 Å². The predicted octanol–water partition coefficient (Wildman–Crippen LogP) is 4.53. The van der Waals surface area contributed by atoms with Crippen molar-refractivity contribution in [3.8, 4) is 11.3 Å². The zero-order valence-corrected chi connectivity index (χ0v) is 15.3. The van der Waals surface area contributed by atoms with Gasteiger partial charge in [0.2, 0.25) is 0 Å². The van der Waals surface area contributed by atoms with E-state index in [-0.39, 0.29) is 0 Å². The molecular weight excluding hydrogens is 324 g/mol. The fourth-order valence-corrected chi connectivity index (χ4v) is 3.85. The lowest BCUT2D eigenvalue weighted by molar-refractivity contribution is 0.402. The van der Waals surface area contributed by atoms with Gasteiger partial charge in [0.1, 0.15) is 22.8 Å². The van der Waals surface area contributed by atoms with E-state index in [0.29, 0.717) is 12.0 Å². The van der Waals surface area contributed by atoms with E-state index in [1.165, 1.54) is 19.3 Å². The van der Waals surface area contributed by atoms with Crippen molar-refractivity contribution in [1.82, 2.24) is 29.5 Å². The molecule has 1 saturated carbocycles. The summed E-state index contributed by atoms with van der Waals surface area (Å²) in [6.45, 7) is 6.34. The van der Waals surface area contributed by atoms with E-state index in [9.17, 15) is 0 Å². The largest absolute Gasteiger partial charge is 0.345 e. The quantitative estimate of drug-likeness (QED) is 0.592. The summed E-state index contributed by atoms with van der Waals surface area (Å²) in [5, 5.41) is 1.02. The van der Waals surface area contributed by atoms with Crippen molar-refractivity contribution in [3.05, 3.63) is 36.2 Å². The Morgan fingerprint density at radius 2 is 2.00 bits per heavy atom. The maximum absolute atomic E-state index is 4.92. The Labute approximate surface area is 151 Å². The zero-order valence-electron chi connectivity index (χ0n) is 15.3. The van der Waals surface area contributed by atoms with Crippen molar-refractivity contribution in [2.45, 2.75) is 52.0 Å². The van der Waals surface area contributed by atoms with Gasteiger partial charge in [0.05, 0.1) is 5.69 Å². The van der Waals surface area contributed by atoms with E-state index in [0.717, 1.165) is 45.1 Å². The van der Waals surface area contributed by atoms with Crippen LogP contribution in [0.4, 0.5) is 0 Å².